The predicted molar refractivity (Wildman–Crippen MR) is 145 cm³/mol. The van der Waals surface area contributed by atoms with Gasteiger partial charge in [-0.3, -0.25) is 14.4 Å². The van der Waals surface area contributed by atoms with Crippen LogP contribution in [-0.2, 0) is 29.6 Å². The summed E-state index contributed by atoms with van der Waals surface area (Å²) in [6.45, 7) is 5.89. The number of benzene rings is 1. The minimum Gasteiger partial charge on any atom is -0.337 e. The molecule has 1 atom stereocenters. The zero-order chi connectivity index (χ0) is 27.9. The van der Waals surface area contributed by atoms with Gasteiger partial charge in [0.2, 0.25) is 5.91 Å². The number of likely N-dealkylation sites (tertiary alicyclic amines) is 1. The lowest BCUT2D eigenvalue weighted by atomic mass is 9.93. The Balaban J connectivity index is 1.38. The Hall–Kier alpha value is -3.29. The molecule has 4 aromatic rings. The fraction of sp³-hybridized carbons (Fsp3) is 0.481. The Morgan fingerprint density at radius 2 is 1.98 bits per heavy atom. The summed E-state index contributed by atoms with van der Waals surface area (Å²) in [6, 6.07) is 7.66. The Kier molecular flexibility index (Phi) is 7.13. The third-order valence-corrected chi connectivity index (χ3v) is 9.07. The Morgan fingerprint density at radius 3 is 2.73 bits per heavy atom. The molecule has 212 valence electrons. The third-order valence-electron chi connectivity index (χ3n) is 7.72. The molecule has 6 rings (SSSR count). The number of nitrogens with zero attached hydrogens (tertiary/aromatic N) is 6. The van der Waals surface area contributed by atoms with Crippen molar-refractivity contribution in [3.05, 3.63) is 52.1 Å². The molecule has 0 saturated carbocycles. The number of hydrogen-bond acceptors (Lipinski definition) is 7. The van der Waals surface area contributed by atoms with E-state index in [4.69, 9.17) is 0 Å². The summed E-state index contributed by atoms with van der Waals surface area (Å²) in [6.07, 6.45) is 2.29. The molecule has 13 heteroatoms. The van der Waals surface area contributed by atoms with Crippen molar-refractivity contribution < 1.29 is 18.0 Å². The number of piperidine rings is 1. The average molecular weight is 573 g/mol. The quantitative estimate of drug-likeness (QED) is 0.359. The fourth-order valence-corrected chi connectivity index (χ4v) is 6.78. The van der Waals surface area contributed by atoms with Crippen LogP contribution in [0.1, 0.15) is 41.6 Å². The molecule has 1 aromatic carbocycles. The lowest BCUT2D eigenvalue weighted by Gasteiger charge is -2.45. The summed E-state index contributed by atoms with van der Waals surface area (Å²) in [5.41, 5.74) is 1.57. The van der Waals surface area contributed by atoms with Gasteiger partial charge in [-0.15, -0.1) is 11.3 Å². The summed E-state index contributed by atoms with van der Waals surface area (Å²) in [7, 11) is 0. The van der Waals surface area contributed by atoms with E-state index in [0.717, 1.165) is 30.7 Å². The van der Waals surface area contributed by atoms with Crippen LogP contribution in [0.25, 0.3) is 22.6 Å². The minimum absolute atomic E-state index is 0.00666. The molecule has 2 fully saturated rings. The van der Waals surface area contributed by atoms with Gasteiger partial charge >= 0.3 is 6.18 Å². The molecule has 2 aliphatic heterocycles. The number of nitrogens with one attached hydrogen (secondary N) is 2. The maximum absolute atomic E-state index is 14.0. The number of rotatable bonds is 6. The van der Waals surface area contributed by atoms with Crippen LogP contribution in [0.5, 0.6) is 0 Å². The highest BCUT2D eigenvalue weighted by Crippen LogP contribution is 2.44. The first-order valence-electron chi connectivity index (χ1n) is 13.5. The van der Waals surface area contributed by atoms with Crippen molar-refractivity contribution in [3.63, 3.8) is 0 Å². The van der Waals surface area contributed by atoms with Gasteiger partial charge in [-0.25, -0.2) is 9.97 Å². The zero-order valence-corrected chi connectivity index (χ0v) is 23.0. The van der Waals surface area contributed by atoms with E-state index in [1.165, 1.54) is 23.9 Å². The summed E-state index contributed by atoms with van der Waals surface area (Å²) < 4.78 is 43.5. The van der Waals surface area contributed by atoms with Crippen LogP contribution in [0.2, 0.25) is 0 Å². The number of alkyl halides is 3. The molecule has 1 amide bonds. The van der Waals surface area contributed by atoms with E-state index in [1.54, 1.807) is 30.3 Å². The van der Waals surface area contributed by atoms with Gasteiger partial charge in [-0.2, -0.15) is 18.3 Å². The SMILES string of the molecule is C[C@]1(c2sc(C(F)(F)F)nc2-c2nc3ccc(CN4CCCCC4)cc3[nH]2)CNCCN1C(=O)Cn1cccn1. The molecule has 0 spiro atoms. The minimum atomic E-state index is -4.63. The van der Waals surface area contributed by atoms with Crippen molar-refractivity contribution in [2.45, 2.75) is 51.0 Å². The molecule has 2 saturated heterocycles. The van der Waals surface area contributed by atoms with E-state index in [-0.39, 0.29) is 30.5 Å². The van der Waals surface area contributed by atoms with Gasteiger partial charge in [-0.05, 0) is 56.6 Å². The third kappa shape index (κ3) is 5.25. The van der Waals surface area contributed by atoms with Gasteiger partial charge in [0.05, 0.1) is 21.4 Å². The lowest BCUT2D eigenvalue weighted by Crippen LogP contribution is -2.60. The van der Waals surface area contributed by atoms with Gasteiger partial charge < -0.3 is 15.2 Å². The van der Waals surface area contributed by atoms with E-state index in [0.29, 0.717) is 34.8 Å². The lowest BCUT2D eigenvalue weighted by molar-refractivity contribution is -0.139. The largest absolute Gasteiger partial charge is 0.443 e. The van der Waals surface area contributed by atoms with E-state index >= 15 is 0 Å². The Morgan fingerprint density at radius 1 is 1.15 bits per heavy atom. The first kappa shape index (κ1) is 26.9. The summed E-state index contributed by atoms with van der Waals surface area (Å²) in [5, 5.41) is 6.42. The van der Waals surface area contributed by atoms with Crippen molar-refractivity contribution in [3.8, 4) is 11.5 Å². The first-order chi connectivity index (χ1) is 19.2. The maximum atomic E-state index is 14.0. The van der Waals surface area contributed by atoms with Crippen molar-refractivity contribution in [1.29, 1.82) is 0 Å². The summed E-state index contributed by atoms with van der Waals surface area (Å²) in [5.74, 6) is 0.0331. The fourth-order valence-electron chi connectivity index (χ4n) is 5.70. The smallest absolute Gasteiger partial charge is 0.337 e. The summed E-state index contributed by atoms with van der Waals surface area (Å²) >= 11 is 0.573. The zero-order valence-electron chi connectivity index (χ0n) is 22.2. The van der Waals surface area contributed by atoms with E-state index in [9.17, 15) is 18.0 Å². The molecule has 2 aliphatic rings. The van der Waals surface area contributed by atoms with Crippen molar-refractivity contribution >= 4 is 28.3 Å². The maximum Gasteiger partial charge on any atom is 0.443 e. The highest BCUT2D eigenvalue weighted by Gasteiger charge is 2.46. The second-order valence-corrected chi connectivity index (χ2v) is 11.7. The van der Waals surface area contributed by atoms with E-state index in [2.05, 4.69) is 30.3 Å². The van der Waals surface area contributed by atoms with Crippen molar-refractivity contribution in [2.75, 3.05) is 32.7 Å². The first-order valence-corrected chi connectivity index (χ1v) is 14.3. The highest BCUT2D eigenvalue weighted by atomic mass is 32.1. The van der Waals surface area contributed by atoms with Gasteiger partial charge in [0.25, 0.3) is 0 Å². The van der Waals surface area contributed by atoms with Crippen LogP contribution in [0, 0.1) is 0 Å². The Labute approximate surface area is 233 Å². The van der Waals surface area contributed by atoms with E-state index < -0.39 is 16.7 Å². The number of hydrogen-bond donors (Lipinski definition) is 2. The molecule has 0 unspecified atom stereocenters. The average Bonchev–Trinajstić information content (AvgIpc) is 3.68. The van der Waals surface area contributed by atoms with E-state index in [1.807, 2.05) is 18.2 Å². The van der Waals surface area contributed by atoms with Crippen LogP contribution in [0.4, 0.5) is 13.2 Å². The molecule has 40 heavy (non-hydrogen) atoms. The molecular formula is C27H31F3N8OS. The molecule has 9 nitrogen and oxygen atoms in total. The number of carbonyl (C=O) groups is 1. The van der Waals surface area contributed by atoms with Crippen LogP contribution >= 0.6 is 11.3 Å². The number of imidazole rings is 1. The molecular weight excluding hydrogens is 541 g/mol. The number of amides is 1. The number of H-pyrrole nitrogens is 1. The van der Waals surface area contributed by atoms with Gasteiger partial charge in [0, 0.05) is 38.6 Å². The van der Waals surface area contributed by atoms with Crippen molar-refractivity contribution in [1.82, 2.24) is 39.8 Å². The number of aromatic nitrogens is 5. The van der Waals surface area contributed by atoms with Crippen LogP contribution < -0.4 is 5.32 Å². The second kappa shape index (κ2) is 10.6. The van der Waals surface area contributed by atoms with Crippen LogP contribution in [0.3, 0.4) is 0 Å². The van der Waals surface area contributed by atoms with Crippen LogP contribution in [-0.4, -0.2) is 73.2 Å². The number of fused-ring (bicyclic) bond motifs is 1. The second-order valence-electron chi connectivity index (χ2n) is 10.7. The normalized spacial score (nSPS) is 20.9. The number of piperazine rings is 1. The predicted octanol–water partition coefficient (Wildman–Crippen LogP) is 4.23. The number of aromatic amines is 1. The van der Waals surface area contributed by atoms with Gasteiger partial charge in [0.1, 0.15) is 12.2 Å². The number of thiazole rings is 1. The molecule has 3 aromatic heterocycles. The van der Waals surface area contributed by atoms with Crippen molar-refractivity contribution in [2.24, 2.45) is 0 Å². The molecule has 5 heterocycles. The molecule has 0 bridgehead atoms. The van der Waals surface area contributed by atoms with Gasteiger partial charge in [0.15, 0.2) is 10.8 Å². The number of carbonyl (C=O) groups excluding carboxylic acids is 1. The number of halogens is 3. The monoisotopic (exact) mass is 572 g/mol. The standard InChI is InChI=1S/C27H31F3N8OS/c1-26(17-31-9-13-38(26)21(39)16-37-12-5-8-32-37)23-22(35-25(40-23)27(28,29)30)24-33-19-7-6-18(14-20(19)34-24)15-36-10-3-2-4-11-36/h5-8,12,14,31H,2-4,9-11,13,15-17H2,1H3,(H,33,34)/t26-/m1/s1. The molecule has 0 radical (unpaired) electrons. The molecule has 2 N–H and O–H groups in total. The topological polar surface area (TPSA) is 95.0 Å². The molecule has 0 aliphatic carbocycles. The van der Waals surface area contributed by atoms with Gasteiger partial charge in [-0.1, -0.05) is 12.5 Å². The van der Waals surface area contributed by atoms with Crippen LogP contribution in [0.15, 0.2) is 36.7 Å². The summed E-state index contributed by atoms with van der Waals surface area (Å²) in [4.78, 5) is 29.8. The Bertz CT molecular complexity index is 1490. The highest BCUT2D eigenvalue weighted by molar-refractivity contribution is 7.12.